The lowest BCUT2D eigenvalue weighted by Crippen LogP contribution is -2.45. The molecule has 3 N–H and O–H groups in total. The van der Waals surface area contributed by atoms with Gasteiger partial charge < -0.3 is 15.5 Å². The van der Waals surface area contributed by atoms with Gasteiger partial charge in [0.2, 0.25) is 5.91 Å². The third-order valence-corrected chi connectivity index (χ3v) is 17.0. The van der Waals surface area contributed by atoms with Crippen molar-refractivity contribution in [2.24, 2.45) is 0 Å². The molecule has 0 saturated heterocycles. The van der Waals surface area contributed by atoms with Crippen molar-refractivity contribution >= 4 is 5.91 Å². The summed E-state index contributed by atoms with van der Waals surface area (Å²) in [4.78, 5) is 12.6. The Kier molecular flexibility index (Phi) is 67.1. The van der Waals surface area contributed by atoms with Crippen LogP contribution in [-0.4, -0.2) is 34.9 Å². The molecule has 0 aliphatic rings. The number of allylic oxidation sites excluding steroid dienone is 4. The van der Waals surface area contributed by atoms with Crippen molar-refractivity contribution in [3.05, 3.63) is 24.3 Å². The molecule has 4 nitrogen and oxygen atoms in total. The lowest BCUT2D eigenvalue weighted by molar-refractivity contribution is -0.123. The lowest BCUT2D eigenvalue weighted by atomic mass is 10.0. The average molecular weight is 1070 g/mol. The maximum absolute atomic E-state index is 12.6. The van der Waals surface area contributed by atoms with E-state index in [1.165, 1.54) is 353 Å². The average Bonchev–Trinajstić information content (AvgIpc) is 3.42. The van der Waals surface area contributed by atoms with Crippen LogP contribution in [0.25, 0.3) is 0 Å². The van der Waals surface area contributed by atoms with Gasteiger partial charge in [0, 0.05) is 6.42 Å². The van der Waals surface area contributed by atoms with Gasteiger partial charge in [-0.1, -0.05) is 385 Å². The fraction of sp³-hybridized carbons (Fsp3) is 0.931. The van der Waals surface area contributed by atoms with Crippen molar-refractivity contribution in [2.75, 3.05) is 6.61 Å². The van der Waals surface area contributed by atoms with Crippen molar-refractivity contribution in [1.82, 2.24) is 5.32 Å². The second-order valence-corrected chi connectivity index (χ2v) is 24.7. The van der Waals surface area contributed by atoms with Gasteiger partial charge in [-0.05, 0) is 44.9 Å². The van der Waals surface area contributed by atoms with Crippen LogP contribution in [0.15, 0.2) is 24.3 Å². The van der Waals surface area contributed by atoms with E-state index < -0.39 is 12.1 Å². The summed E-state index contributed by atoms with van der Waals surface area (Å²) in [6, 6.07) is -0.535. The summed E-state index contributed by atoms with van der Waals surface area (Å²) in [7, 11) is 0. The highest BCUT2D eigenvalue weighted by Gasteiger charge is 2.20. The molecule has 0 aromatic heterocycles. The first-order valence-electron chi connectivity index (χ1n) is 35.5. The molecule has 0 aliphatic carbocycles. The van der Waals surface area contributed by atoms with Crippen molar-refractivity contribution in [3.8, 4) is 0 Å². The first-order valence-corrected chi connectivity index (χ1v) is 35.5. The Morgan fingerprint density at radius 3 is 0.789 bits per heavy atom. The topological polar surface area (TPSA) is 69.6 Å². The molecular formula is C72H141NO3. The van der Waals surface area contributed by atoms with Gasteiger partial charge in [-0.3, -0.25) is 4.79 Å². The van der Waals surface area contributed by atoms with Crippen LogP contribution in [0.4, 0.5) is 0 Å². The Labute approximate surface area is 479 Å². The summed E-state index contributed by atoms with van der Waals surface area (Å²) < 4.78 is 0. The van der Waals surface area contributed by atoms with Crippen LogP contribution in [0.2, 0.25) is 0 Å². The quantitative estimate of drug-likeness (QED) is 0.0420. The molecule has 0 bridgehead atoms. The molecule has 0 fully saturated rings. The maximum Gasteiger partial charge on any atom is 0.220 e. The third-order valence-electron chi connectivity index (χ3n) is 17.0. The van der Waals surface area contributed by atoms with E-state index in [1.807, 2.05) is 0 Å². The molecule has 2 unspecified atom stereocenters. The zero-order valence-corrected chi connectivity index (χ0v) is 52.3. The van der Waals surface area contributed by atoms with E-state index in [1.54, 1.807) is 0 Å². The summed E-state index contributed by atoms with van der Waals surface area (Å²) in [6.07, 6.45) is 92.5. The Bertz CT molecular complexity index is 1120. The molecule has 0 rings (SSSR count). The van der Waals surface area contributed by atoms with Crippen LogP contribution in [0.1, 0.15) is 412 Å². The fourth-order valence-corrected chi connectivity index (χ4v) is 11.6. The van der Waals surface area contributed by atoms with Gasteiger partial charge in [-0.15, -0.1) is 0 Å². The molecule has 4 heteroatoms. The predicted molar refractivity (Wildman–Crippen MR) is 341 cm³/mol. The van der Waals surface area contributed by atoms with E-state index in [9.17, 15) is 15.0 Å². The Morgan fingerprint density at radius 1 is 0.316 bits per heavy atom. The van der Waals surface area contributed by atoms with Crippen molar-refractivity contribution in [1.29, 1.82) is 0 Å². The summed E-state index contributed by atoms with van der Waals surface area (Å²) >= 11 is 0. The predicted octanol–water partition coefficient (Wildman–Crippen LogP) is 24.2. The van der Waals surface area contributed by atoms with Gasteiger partial charge in [0.1, 0.15) is 0 Å². The Hall–Kier alpha value is -1.13. The first-order chi connectivity index (χ1) is 37.7. The van der Waals surface area contributed by atoms with Gasteiger partial charge in [0.05, 0.1) is 18.8 Å². The summed E-state index contributed by atoms with van der Waals surface area (Å²) in [5.41, 5.74) is 0. The number of hydrogen-bond donors (Lipinski definition) is 3. The number of carbonyl (C=O) groups excluding carboxylic acids is 1. The van der Waals surface area contributed by atoms with Gasteiger partial charge in [0.15, 0.2) is 0 Å². The zero-order valence-electron chi connectivity index (χ0n) is 52.3. The maximum atomic E-state index is 12.6. The molecule has 0 heterocycles. The second kappa shape index (κ2) is 68.1. The SMILES string of the molecule is CCCCCCC/C=C\C/C=C\CCCCCCCCCCCCCCCCCCCCCCCCCCCC(=O)NC(CO)C(O)CCCCCCCCCCCCCCCCCCCCCCCCCCCCC. The van der Waals surface area contributed by atoms with Crippen LogP contribution >= 0.6 is 0 Å². The second-order valence-electron chi connectivity index (χ2n) is 24.7. The minimum atomic E-state index is -0.658. The minimum absolute atomic E-state index is 0.0210. The van der Waals surface area contributed by atoms with Gasteiger partial charge in [0.25, 0.3) is 0 Å². The number of rotatable bonds is 67. The molecule has 2 atom stereocenters. The van der Waals surface area contributed by atoms with Crippen molar-refractivity contribution in [2.45, 2.75) is 424 Å². The number of aliphatic hydroxyl groups excluding tert-OH is 2. The van der Waals surface area contributed by atoms with E-state index in [0.29, 0.717) is 12.8 Å². The highest BCUT2D eigenvalue weighted by Crippen LogP contribution is 2.20. The number of amides is 1. The fourth-order valence-electron chi connectivity index (χ4n) is 11.6. The van der Waals surface area contributed by atoms with E-state index in [2.05, 4.69) is 43.5 Å². The largest absolute Gasteiger partial charge is 0.394 e. The van der Waals surface area contributed by atoms with Gasteiger partial charge in [-0.25, -0.2) is 0 Å². The number of unbranched alkanes of at least 4 members (excludes halogenated alkanes) is 56. The van der Waals surface area contributed by atoms with Crippen LogP contribution in [-0.2, 0) is 4.79 Å². The molecule has 0 saturated carbocycles. The summed E-state index contributed by atoms with van der Waals surface area (Å²) in [5.74, 6) is -0.0210. The van der Waals surface area contributed by atoms with Crippen molar-refractivity contribution in [3.63, 3.8) is 0 Å². The number of aliphatic hydroxyl groups is 2. The summed E-state index contributed by atoms with van der Waals surface area (Å²) in [6.45, 7) is 4.40. The van der Waals surface area contributed by atoms with Crippen LogP contribution in [0.5, 0.6) is 0 Å². The van der Waals surface area contributed by atoms with Gasteiger partial charge in [-0.2, -0.15) is 0 Å². The van der Waals surface area contributed by atoms with E-state index in [-0.39, 0.29) is 12.5 Å². The monoisotopic (exact) mass is 1070 g/mol. The van der Waals surface area contributed by atoms with E-state index in [4.69, 9.17) is 0 Å². The Balaban J connectivity index is 3.36. The normalized spacial score (nSPS) is 12.7. The standard InChI is InChI=1S/C72H141NO3/c1-3-5-7-9-11-13-15-17-19-21-23-25-27-29-31-32-33-34-35-36-37-38-39-40-42-44-46-48-50-52-54-56-58-60-62-64-66-68-72(76)73-70(69-74)71(75)67-65-63-61-59-57-55-53-51-49-47-45-43-41-30-28-26-24-22-20-18-16-14-12-10-8-6-4-2/h15,17,21,23,70-71,74-75H,3-14,16,18-20,22,24-69H2,1-2H3,(H,73,76)/b17-15-,23-21-. The molecule has 0 aliphatic heterocycles. The minimum Gasteiger partial charge on any atom is -0.394 e. The van der Waals surface area contributed by atoms with E-state index >= 15 is 0 Å². The third kappa shape index (κ3) is 63.7. The Morgan fingerprint density at radius 2 is 0.539 bits per heavy atom. The molecule has 76 heavy (non-hydrogen) atoms. The van der Waals surface area contributed by atoms with Gasteiger partial charge >= 0.3 is 0 Å². The molecule has 0 spiro atoms. The lowest BCUT2D eigenvalue weighted by Gasteiger charge is -2.22. The van der Waals surface area contributed by atoms with E-state index in [0.717, 1.165) is 32.1 Å². The molecule has 1 amide bonds. The van der Waals surface area contributed by atoms with Crippen LogP contribution < -0.4 is 5.32 Å². The summed E-state index contributed by atoms with van der Waals surface area (Å²) in [5, 5.41) is 23.5. The first kappa shape index (κ1) is 74.9. The van der Waals surface area contributed by atoms with Crippen LogP contribution in [0.3, 0.4) is 0 Å². The highest BCUT2D eigenvalue weighted by molar-refractivity contribution is 5.76. The van der Waals surface area contributed by atoms with Crippen molar-refractivity contribution < 1.29 is 15.0 Å². The number of hydrogen-bond acceptors (Lipinski definition) is 3. The zero-order chi connectivity index (χ0) is 54.8. The van der Waals surface area contributed by atoms with Crippen LogP contribution in [0, 0.1) is 0 Å². The highest BCUT2D eigenvalue weighted by atomic mass is 16.3. The smallest absolute Gasteiger partial charge is 0.220 e. The molecule has 0 aromatic carbocycles. The number of nitrogens with one attached hydrogen (secondary N) is 1. The molecule has 0 aromatic rings. The number of carbonyl (C=O) groups is 1. The molecule has 452 valence electrons. The molecule has 0 radical (unpaired) electrons. The molecular weight excluding hydrogens is 927 g/mol.